The molecule has 0 aliphatic heterocycles. The molecule has 0 radical (unpaired) electrons. The fraction of sp³-hybridized carbons (Fsp3) is 0.273. The Balaban J connectivity index is 1.96. The second-order valence-corrected chi connectivity index (χ2v) is 4.28. The number of rotatable bonds is 4. The summed E-state index contributed by atoms with van der Waals surface area (Å²) < 4.78 is 5.38. The Labute approximate surface area is 97.7 Å². The molecule has 0 aliphatic rings. The van der Waals surface area contributed by atoms with Gasteiger partial charge in [-0.2, -0.15) is 0 Å². The highest BCUT2D eigenvalue weighted by Gasteiger charge is 2.05. The number of aryl methyl sites for hydroxylation is 1. The molecular weight excluding hydrogens is 224 g/mol. The van der Waals surface area contributed by atoms with Gasteiger partial charge in [0.2, 0.25) is 11.8 Å². The summed E-state index contributed by atoms with van der Waals surface area (Å²) in [6.45, 7) is 1.97. The minimum atomic E-state index is 0.268. The zero-order chi connectivity index (χ0) is 11.4. The van der Waals surface area contributed by atoms with Gasteiger partial charge in [0.25, 0.3) is 0 Å². The summed E-state index contributed by atoms with van der Waals surface area (Å²) in [6, 6.07) is 7.10. The summed E-state index contributed by atoms with van der Waals surface area (Å²) in [4.78, 5) is 0.983. The Morgan fingerprint density at radius 2 is 2.12 bits per heavy atom. The van der Waals surface area contributed by atoms with Crippen LogP contribution in [0.5, 0.6) is 5.75 Å². The zero-order valence-corrected chi connectivity index (χ0v) is 9.70. The first kappa shape index (κ1) is 11.0. The van der Waals surface area contributed by atoms with Gasteiger partial charge in [-0.05, 0) is 18.2 Å². The number of thioether (sulfide) groups is 1. The van der Waals surface area contributed by atoms with Crippen molar-refractivity contribution in [3.8, 4) is 5.75 Å². The molecule has 0 atom stereocenters. The number of phenolic OH excluding ortho intramolecular Hbond substituents is 1. The average molecular weight is 236 g/mol. The van der Waals surface area contributed by atoms with E-state index >= 15 is 0 Å². The molecule has 84 valence electrons. The molecule has 0 saturated heterocycles. The van der Waals surface area contributed by atoms with Gasteiger partial charge in [0.1, 0.15) is 5.75 Å². The Hall–Kier alpha value is -1.49. The lowest BCUT2D eigenvalue weighted by atomic mass is 10.3. The van der Waals surface area contributed by atoms with Gasteiger partial charge in [-0.15, -0.1) is 22.0 Å². The van der Waals surface area contributed by atoms with Gasteiger partial charge in [-0.3, -0.25) is 0 Å². The average Bonchev–Trinajstić information content (AvgIpc) is 2.74. The van der Waals surface area contributed by atoms with Crippen molar-refractivity contribution in [2.24, 2.45) is 0 Å². The molecule has 0 amide bonds. The van der Waals surface area contributed by atoms with E-state index in [0.29, 0.717) is 17.5 Å². The fourth-order valence-corrected chi connectivity index (χ4v) is 1.99. The molecule has 1 aromatic heterocycles. The topological polar surface area (TPSA) is 59.2 Å². The molecule has 0 unspecified atom stereocenters. The van der Waals surface area contributed by atoms with Gasteiger partial charge >= 0.3 is 0 Å². The van der Waals surface area contributed by atoms with Crippen LogP contribution in [0.3, 0.4) is 0 Å². The van der Waals surface area contributed by atoms with Crippen LogP contribution < -0.4 is 0 Å². The third kappa shape index (κ3) is 2.76. The molecule has 0 aliphatic carbocycles. The second-order valence-electron chi connectivity index (χ2n) is 3.23. The van der Waals surface area contributed by atoms with Gasteiger partial charge in [0.15, 0.2) is 0 Å². The number of aromatic nitrogens is 2. The van der Waals surface area contributed by atoms with E-state index in [-0.39, 0.29) is 5.75 Å². The minimum Gasteiger partial charge on any atom is -0.508 e. The molecule has 2 rings (SSSR count). The molecule has 0 spiro atoms. The van der Waals surface area contributed by atoms with Crippen molar-refractivity contribution >= 4 is 11.8 Å². The second kappa shape index (κ2) is 5.03. The summed E-state index contributed by atoms with van der Waals surface area (Å²) >= 11 is 1.56. The first-order valence-corrected chi connectivity index (χ1v) is 5.99. The van der Waals surface area contributed by atoms with Crippen molar-refractivity contribution in [2.45, 2.75) is 24.0 Å². The van der Waals surface area contributed by atoms with E-state index in [4.69, 9.17) is 4.42 Å². The van der Waals surface area contributed by atoms with Crippen LogP contribution in [0, 0.1) is 0 Å². The summed E-state index contributed by atoms with van der Waals surface area (Å²) in [5, 5.41) is 17.1. The number of hydrogen-bond donors (Lipinski definition) is 1. The molecule has 1 heterocycles. The van der Waals surface area contributed by atoms with E-state index in [1.807, 2.05) is 19.1 Å². The first-order chi connectivity index (χ1) is 7.78. The van der Waals surface area contributed by atoms with Crippen molar-refractivity contribution in [3.63, 3.8) is 0 Å². The molecule has 0 bridgehead atoms. The van der Waals surface area contributed by atoms with Crippen LogP contribution in [0.1, 0.15) is 18.7 Å². The minimum absolute atomic E-state index is 0.268. The van der Waals surface area contributed by atoms with E-state index in [1.54, 1.807) is 23.9 Å². The lowest BCUT2D eigenvalue weighted by Gasteiger charge is -1.98. The molecule has 4 nitrogen and oxygen atoms in total. The number of phenols is 1. The first-order valence-electron chi connectivity index (χ1n) is 5.01. The molecule has 1 N–H and O–H groups in total. The Kier molecular flexibility index (Phi) is 3.46. The Morgan fingerprint density at radius 3 is 2.81 bits per heavy atom. The largest absolute Gasteiger partial charge is 0.508 e. The molecule has 2 aromatic rings. The van der Waals surface area contributed by atoms with Gasteiger partial charge in [0, 0.05) is 11.3 Å². The molecule has 0 saturated carbocycles. The lowest BCUT2D eigenvalue weighted by molar-refractivity contribution is 0.469. The normalized spacial score (nSPS) is 10.6. The lowest BCUT2D eigenvalue weighted by Crippen LogP contribution is -1.80. The molecular formula is C11H12N2O2S. The highest BCUT2D eigenvalue weighted by Crippen LogP contribution is 2.25. The number of hydrogen-bond acceptors (Lipinski definition) is 5. The third-order valence-corrected chi connectivity index (χ3v) is 2.97. The van der Waals surface area contributed by atoms with Crippen LogP contribution in [-0.2, 0) is 12.2 Å². The van der Waals surface area contributed by atoms with Crippen molar-refractivity contribution < 1.29 is 9.52 Å². The van der Waals surface area contributed by atoms with Gasteiger partial charge in [-0.25, -0.2) is 0 Å². The van der Waals surface area contributed by atoms with Crippen LogP contribution in [-0.4, -0.2) is 15.3 Å². The van der Waals surface area contributed by atoms with Gasteiger partial charge in [0.05, 0.1) is 5.75 Å². The predicted molar refractivity (Wildman–Crippen MR) is 61.3 cm³/mol. The Morgan fingerprint density at radius 1 is 1.31 bits per heavy atom. The predicted octanol–water partition coefficient (Wildman–Crippen LogP) is 2.63. The Bertz CT molecular complexity index is 471. The summed E-state index contributed by atoms with van der Waals surface area (Å²) in [5.41, 5.74) is 0. The van der Waals surface area contributed by atoms with Crippen molar-refractivity contribution in [1.82, 2.24) is 10.2 Å². The van der Waals surface area contributed by atoms with E-state index < -0.39 is 0 Å². The highest BCUT2D eigenvalue weighted by atomic mass is 32.2. The SMILES string of the molecule is CCc1nnc(CSc2cccc(O)c2)o1. The van der Waals surface area contributed by atoms with Crippen LogP contribution in [0.4, 0.5) is 0 Å². The van der Waals surface area contributed by atoms with Crippen LogP contribution in [0.15, 0.2) is 33.6 Å². The highest BCUT2D eigenvalue weighted by molar-refractivity contribution is 7.98. The van der Waals surface area contributed by atoms with Crippen molar-refractivity contribution in [2.75, 3.05) is 0 Å². The van der Waals surface area contributed by atoms with E-state index in [2.05, 4.69) is 10.2 Å². The smallest absolute Gasteiger partial charge is 0.226 e. The quantitative estimate of drug-likeness (QED) is 0.827. The molecule has 16 heavy (non-hydrogen) atoms. The molecule has 0 fully saturated rings. The number of aromatic hydroxyl groups is 1. The van der Waals surface area contributed by atoms with Crippen LogP contribution in [0.2, 0.25) is 0 Å². The fourth-order valence-electron chi connectivity index (χ4n) is 1.21. The van der Waals surface area contributed by atoms with E-state index in [0.717, 1.165) is 11.3 Å². The number of benzene rings is 1. The third-order valence-electron chi connectivity index (χ3n) is 1.99. The van der Waals surface area contributed by atoms with Gasteiger partial charge < -0.3 is 9.52 Å². The van der Waals surface area contributed by atoms with E-state index in [1.165, 1.54) is 0 Å². The maximum absolute atomic E-state index is 9.29. The number of nitrogens with zero attached hydrogens (tertiary/aromatic N) is 2. The molecule has 5 heteroatoms. The molecule has 1 aromatic carbocycles. The van der Waals surface area contributed by atoms with Crippen LogP contribution in [0.25, 0.3) is 0 Å². The summed E-state index contributed by atoms with van der Waals surface area (Å²) in [5.74, 6) is 2.16. The standard InChI is InChI=1S/C11H12N2O2S/c1-2-10-12-13-11(15-10)7-16-9-5-3-4-8(14)6-9/h3-6,14H,2,7H2,1H3. The monoisotopic (exact) mass is 236 g/mol. The van der Waals surface area contributed by atoms with Crippen LogP contribution >= 0.6 is 11.8 Å². The van der Waals surface area contributed by atoms with Gasteiger partial charge in [-0.1, -0.05) is 13.0 Å². The van der Waals surface area contributed by atoms with E-state index in [9.17, 15) is 5.11 Å². The maximum Gasteiger partial charge on any atom is 0.226 e. The zero-order valence-electron chi connectivity index (χ0n) is 8.88. The summed E-state index contributed by atoms with van der Waals surface area (Å²) in [6.07, 6.45) is 0.754. The van der Waals surface area contributed by atoms with Crippen molar-refractivity contribution in [1.29, 1.82) is 0 Å². The summed E-state index contributed by atoms with van der Waals surface area (Å²) in [7, 11) is 0. The van der Waals surface area contributed by atoms with Crippen molar-refractivity contribution in [3.05, 3.63) is 36.0 Å². The maximum atomic E-state index is 9.29.